The number of hydrogen-bond acceptors (Lipinski definition) is 6. The molecule has 4 heterocycles. The molecule has 260 valence electrons. The van der Waals surface area contributed by atoms with Crippen molar-refractivity contribution >= 4 is 24.8 Å². The molecule has 4 aliphatic rings. The standard InChI is InChI=1S/C37H58N6O4/c1-3-7-35(36(46)38-27-44)43(28-45)26-33-24-32(9-8-29(33)2)31-12-18-39(19-13-31)25-30-10-20-41(21-11-30)37(47)42-22-14-34(15-23-42)40-16-5-4-6-17-40/h8-9,24,27-28,30-31,34-35H,3-7,10-23,25-26H2,1-2H3,(H,38,44,46). The van der Waals surface area contributed by atoms with Gasteiger partial charge in [-0.15, -0.1) is 0 Å². The lowest BCUT2D eigenvalue weighted by Gasteiger charge is -2.43. The summed E-state index contributed by atoms with van der Waals surface area (Å²) in [6, 6.07) is 6.84. The predicted octanol–water partition coefficient (Wildman–Crippen LogP) is 4.36. The van der Waals surface area contributed by atoms with Gasteiger partial charge in [0, 0.05) is 45.3 Å². The molecule has 0 spiro atoms. The average Bonchev–Trinajstić information content (AvgIpc) is 3.11. The highest BCUT2D eigenvalue weighted by Gasteiger charge is 2.32. The summed E-state index contributed by atoms with van der Waals surface area (Å²) in [7, 11) is 0. The smallest absolute Gasteiger partial charge is 0.319 e. The van der Waals surface area contributed by atoms with Gasteiger partial charge in [-0.1, -0.05) is 38.0 Å². The molecule has 47 heavy (non-hydrogen) atoms. The average molecular weight is 651 g/mol. The molecular formula is C37H58N6O4. The van der Waals surface area contributed by atoms with Crippen LogP contribution in [0.3, 0.4) is 0 Å². The van der Waals surface area contributed by atoms with Crippen LogP contribution in [0.1, 0.15) is 100 Å². The molecule has 4 fully saturated rings. The number of piperidine rings is 4. The van der Waals surface area contributed by atoms with Crippen LogP contribution in [0, 0.1) is 12.8 Å². The van der Waals surface area contributed by atoms with Crippen molar-refractivity contribution in [1.29, 1.82) is 0 Å². The number of aryl methyl sites for hydroxylation is 1. The topological polar surface area (TPSA) is 96.5 Å². The zero-order valence-electron chi connectivity index (χ0n) is 28.9. The van der Waals surface area contributed by atoms with Gasteiger partial charge in [0.2, 0.25) is 18.7 Å². The molecule has 1 atom stereocenters. The molecule has 4 saturated heterocycles. The maximum Gasteiger partial charge on any atom is 0.319 e. The molecule has 10 heteroatoms. The zero-order chi connectivity index (χ0) is 33.2. The minimum Gasteiger partial charge on any atom is -0.329 e. The van der Waals surface area contributed by atoms with Crippen LogP contribution >= 0.6 is 0 Å². The number of benzene rings is 1. The lowest BCUT2D eigenvalue weighted by atomic mass is 9.86. The lowest BCUT2D eigenvalue weighted by molar-refractivity contribution is -0.135. The van der Waals surface area contributed by atoms with Gasteiger partial charge in [0.05, 0.1) is 0 Å². The normalized spacial score (nSPS) is 21.7. The number of nitrogens with one attached hydrogen (secondary N) is 1. The maximum absolute atomic E-state index is 13.3. The monoisotopic (exact) mass is 650 g/mol. The second-order valence-corrected chi connectivity index (χ2v) is 14.5. The fourth-order valence-electron chi connectivity index (χ4n) is 8.44. The zero-order valence-corrected chi connectivity index (χ0v) is 28.9. The van der Waals surface area contributed by atoms with Crippen molar-refractivity contribution in [3.8, 4) is 0 Å². The van der Waals surface area contributed by atoms with Crippen molar-refractivity contribution in [2.24, 2.45) is 5.92 Å². The van der Waals surface area contributed by atoms with Gasteiger partial charge in [-0.25, -0.2) is 4.79 Å². The van der Waals surface area contributed by atoms with E-state index in [0.717, 1.165) is 108 Å². The van der Waals surface area contributed by atoms with E-state index < -0.39 is 11.9 Å². The number of carbonyl (C=O) groups excluding carboxylic acids is 4. The molecule has 1 N–H and O–H groups in total. The van der Waals surface area contributed by atoms with Crippen LogP contribution in [-0.2, 0) is 20.9 Å². The van der Waals surface area contributed by atoms with Crippen molar-refractivity contribution in [2.75, 3.05) is 58.9 Å². The Morgan fingerprint density at radius 3 is 2.17 bits per heavy atom. The Labute approximate surface area is 282 Å². The van der Waals surface area contributed by atoms with Gasteiger partial charge < -0.3 is 24.5 Å². The Morgan fingerprint density at radius 1 is 0.894 bits per heavy atom. The van der Waals surface area contributed by atoms with Crippen LogP contribution in [-0.4, -0.2) is 120 Å². The summed E-state index contributed by atoms with van der Waals surface area (Å²) in [5, 5.41) is 2.23. The van der Waals surface area contributed by atoms with E-state index in [1.807, 2.05) is 13.8 Å². The van der Waals surface area contributed by atoms with Crippen LogP contribution in [0.15, 0.2) is 18.2 Å². The van der Waals surface area contributed by atoms with E-state index in [-0.39, 0.29) is 6.03 Å². The van der Waals surface area contributed by atoms with Gasteiger partial charge in [-0.05, 0) is 119 Å². The first-order valence-corrected chi connectivity index (χ1v) is 18.4. The third kappa shape index (κ3) is 9.34. The Hall–Kier alpha value is -2.98. The van der Waals surface area contributed by atoms with Crippen molar-refractivity contribution in [3.05, 3.63) is 34.9 Å². The van der Waals surface area contributed by atoms with E-state index in [1.54, 1.807) is 0 Å². The van der Waals surface area contributed by atoms with E-state index in [4.69, 9.17) is 0 Å². The maximum atomic E-state index is 13.3. The summed E-state index contributed by atoms with van der Waals surface area (Å²) in [6.07, 6.45) is 13.0. The Bertz CT molecular complexity index is 1180. The summed E-state index contributed by atoms with van der Waals surface area (Å²) in [5.74, 6) is 0.683. The number of carbonyl (C=O) groups is 4. The number of rotatable bonds is 12. The highest BCUT2D eigenvalue weighted by Crippen LogP contribution is 2.31. The van der Waals surface area contributed by atoms with Crippen molar-refractivity contribution in [3.63, 3.8) is 0 Å². The molecule has 0 saturated carbocycles. The highest BCUT2D eigenvalue weighted by molar-refractivity contribution is 5.91. The van der Waals surface area contributed by atoms with Crippen LogP contribution in [0.2, 0.25) is 0 Å². The Morgan fingerprint density at radius 2 is 1.55 bits per heavy atom. The summed E-state index contributed by atoms with van der Waals surface area (Å²) in [6.45, 7) is 13.7. The first kappa shape index (κ1) is 35.3. The third-order valence-electron chi connectivity index (χ3n) is 11.4. The van der Waals surface area contributed by atoms with Crippen LogP contribution in [0.5, 0.6) is 0 Å². The number of likely N-dealkylation sites (tertiary alicyclic amines) is 4. The van der Waals surface area contributed by atoms with E-state index in [2.05, 4.69) is 43.1 Å². The Balaban J connectivity index is 1.05. The molecule has 5 rings (SSSR count). The summed E-state index contributed by atoms with van der Waals surface area (Å²) in [4.78, 5) is 59.8. The largest absolute Gasteiger partial charge is 0.329 e. The number of nitrogens with zero attached hydrogens (tertiary/aromatic N) is 5. The predicted molar refractivity (Wildman–Crippen MR) is 184 cm³/mol. The molecule has 0 aromatic heterocycles. The van der Waals surface area contributed by atoms with Crippen LogP contribution in [0.25, 0.3) is 0 Å². The minimum atomic E-state index is -0.666. The van der Waals surface area contributed by atoms with Crippen molar-refractivity contribution in [2.45, 2.75) is 109 Å². The van der Waals surface area contributed by atoms with E-state index in [1.165, 1.54) is 42.8 Å². The fourth-order valence-corrected chi connectivity index (χ4v) is 8.44. The van der Waals surface area contributed by atoms with Gasteiger partial charge >= 0.3 is 6.03 Å². The molecule has 0 bridgehead atoms. The second-order valence-electron chi connectivity index (χ2n) is 14.5. The summed E-state index contributed by atoms with van der Waals surface area (Å²) >= 11 is 0. The number of hydrogen-bond donors (Lipinski definition) is 1. The number of imide groups is 1. The molecule has 1 aromatic rings. The molecule has 10 nitrogen and oxygen atoms in total. The Kier molecular flexibility index (Phi) is 13.1. The van der Waals surface area contributed by atoms with E-state index >= 15 is 0 Å². The molecule has 0 aliphatic carbocycles. The summed E-state index contributed by atoms with van der Waals surface area (Å²) in [5.41, 5.74) is 3.44. The van der Waals surface area contributed by atoms with Gasteiger partial charge in [0.15, 0.2) is 0 Å². The van der Waals surface area contributed by atoms with Gasteiger partial charge in [-0.2, -0.15) is 0 Å². The quantitative estimate of drug-likeness (QED) is 0.338. The first-order chi connectivity index (χ1) is 22.9. The fraction of sp³-hybridized carbons (Fsp3) is 0.730. The van der Waals surface area contributed by atoms with Gasteiger partial charge in [-0.3, -0.25) is 19.7 Å². The van der Waals surface area contributed by atoms with Crippen molar-refractivity contribution < 1.29 is 19.2 Å². The van der Waals surface area contributed by atoms with E-state index in [9.17, 15) is 19.2 Å². The minimum absolute atomic E-state index is 0.264. The van der Waals surface area contributed by atoms with Crippen LogP contribution in [0.4, 0.5) is 4.79 Å². The van der Waals surface area contributed by atoms with Crippen molar-refractivity contribution in [1.82, 2.24) is 29.8 Å². The SMILES string of the molecule is CCCC(C(=O)NC=O)N(C=O)Cc1cc(C2CCN(CC3CCN(C(=O)N4CCC(N5CCCCC5)CC4)CC3)CC2)ccc1C. The van der Waals surface area contributed by atoms with Gasteiger partial charge in [0.25, 0.3) is 0 Å². The number of amides is 5. The molecule has 5 amide bonds. The first-order valence-electron chi connectivity index (χ1n) is 18.4. The van der Waals surface area contributed by atoms with Gasteiger partial charge in [0.1, 0.15) is 6.04 Å². The molecular weight excluding hydrogens is 592 g/mol. The third-order valence-corrected chi connectivity index (χ3v) is 11.4. The van der Waals surface area contributed by atoms with Crippen LogP contribution < -0.4 is 5.32 Å². The summed E-state index contributed by atoms with van der Waals surface area (Å²) < 4.78 is 0. The number of urea groups is 1. The molecule has 1 unspecified atom stereocenters. The highest BCUT2D eigenvalue weighted by atomic mass is 16.2. The molecule has 4 aliphatic heterocycles. The lowest BCUT2D eigenvalue weighted by Crippen LogP contribution is -2.53. The molecule has 1 aromatic carbocycles. The molecule has 0 radical (unpaired) electrons. The second kappa shape index (κ2) is 17.4. The van der Waals surface area contributed by atoms with E-state index in [0.29, 0.717) is 37.3 Å².